The molecule has 1 saturated carbocycles. The van der Waals surface area contributed by atoms with Crippen molar-refractivity contribution in [2.24, 2.45) is 5.92 Å². The van der Waals surface area contributed by atoms with Gasteiger partial charge < -0.3 is 4.84 Å². The van der Waals surface area contributed by atoms with Crippen LogP contribution in [0.1, 0.15) is 52.8 Å². The van der Waals surface area contributed by atoms with Gasteiger partial charge in [-0.1, -0.05) is 17.2 Å². The van der Waals surface area contributed by atoms with Gasteiger partial charge in [-0.2, -0.15) is 0 Å². The molecule has 1 aromatic carbocycles. The molecule has 1 aliphatic carbocycles. The molecule has 0 spiro atoms. The summed E-state index contributed by atoms with van der Waals surface area (Å²) in [4.78, 5) is 40.8. The smallest absolute Gasteiger partial charge is 0.330 e. The van der Waals surface area contributed by atoms with Crippen LogP contribution in [-0.2, 0) is 9.63 Å². The van der Waals surface area contributed by atoms with Crippen LogP contribution in [0.15, 0.2) is 24.3 Å². The molecule has 1 unspecified atom stereocenters. The maximum Gasteiger partial charge on any atom is 0.333 e. The molecule has 122 valence electrons. The minimum Gasteiger partial charge on any atom is -0.330 e. The number of imide groups is 1. The van der Waals surface area contributed by atoms with E-state index in [2.05, 4.69) is 0 Å². The molecule has 7 heteroatoms. The molecule has 0 saturated heterocycles. The van der Waals surface area contributed by atoms with Crippen LogP contribution in [0.5, 0.6) is 0 Å². The van der Waals surface area contributed by atoms with Crippen LogP contribution in [-0.4, -0.2) is 28.8 Å². The lowest BCUT2D eigenvalue weighted by molar-refractivity contribution is -0.171. The van der Waals surface area contributed by atoms with Gasteiger partial charge >= 0.3 is 5.97 Å². The molecule has 0 radical (unpaired) electrons. The van der Waals surface area contributed by atoms with Crippen LogP contribution in [0.4, 0.5) is 8.78 Å². The fraction of sp³-hybridized carbons (Fsp3) is 0.438. The summed E-state index contributed by atoms with van der Waals surface area (Å²) in [6.45, 7) is 0. The van der Waals surface area contributed by atoms with Crippen LogP contribution in [0.3, 0.4) is 0 Å². The van der Waals surface area contributed by atoms with Gasteiger partial charge in [-0.3, -0.25) is 9.59 Å². The first-order valence-corrected chi connectivity index (χ1v) is 7.44. The topological polar surface area (TPSA) is 63.7 Å². The normalized spacial score (nSPS) is 22.9. The minimum absolute atomic E-state index is 0.162. The highest BCUT2D eigenvalue weighted by Gasteiger charge is 2.40. The van der Waals surface area contributed by atoms with E-state index in [1.165, 1.54) is 12.1 Å². The summed E-state index contributed by atoms with van der Waals surface area (Å²) >= 11 is 0. The summed E-state index contributed by atoms with van der Waals surface area (Å²) in [5, 5.41) is 0.411. The van der Waals surface area contributed by atoms with E-state index in [0.717, 1.165) is 0 Å². The Bertz CT molecular complexity index is 639. The van der Waals surface area contributed by atoms with Crippen molar-refractivity contribution in [3.8, 4) is 0 Å². The molecule has 1 heterocycles. The molecular weight excluding hydrogens is 308 g/mol. The number of hydrogen-bond donors (Lipinski definition) is 0. The fourth-order valence-corrected chi connectivity index (χ4v) is 3.07. The van der Waals surface area contributed by atoms with Gasteiger partial charge in [-0.25, -0.2) is 13.6 Å². The van der Waals surface area contributed by atoms with E-state index in [-0.39, 0.29) is 30.4 Å². The number of nitrogens with zero attached hydrogens (tertiary/aromatic N) is 1. The molecule has 0 N–H and O–H groups in total. The number of halogens is 2. The SMILES string of the molecule is O=C(CC1CCCC(F)(F)C1)ON1C(=O)c2ccccc2C1=O. The summed E-state index contributed by atoms with van der Waals surface area (Å²) < 4.78 is 26.7. The third-order valence-electron chi connectivity index (χ3n) is 4.15. The average Bonchev–Trinajstić information content (AvgIpc) is 2.72. The summed E-state index contributed by atoms with van der Waals surface area (Å²) in [6.07, 6.45) is 0.0783. The van der Waals surface area contributed by atoms with Gasteiger partial charge in [0.05, 0.1) is 17.5 Å². The number of benzene rings is 1. The predicted molar refractivity (Wildman–Crippen MR) is 74.6 cm³/mol. The first kappa shape index (κ1) is 15.6. The predicted octanol–water partition coefficient (Wildman–Crippen LogP) is 2.96. The average molecular weight is 323 g/mol. The third-order valence-corrected chi connectivity index (χ3v) is 4.15. The Hall–Kier alpha value is -2.31. The number of carbonyl (C=O) groups excluding carboxylic acids is 3. The van der Waals surface area contributed by atoms with E-state index in [1.807, 2.05) is 0 Å². The zero-order valence-corrected chi connectivity index (χ0v) is 12.3. The van der Waals surface area contributed by atoms with Crippen LogP contribution in [0.2, 0.25) is 0 Å². The third kappa shape index (κ3) is 3.09. The lowest BCUT2D eigenvalue weighted by Gasteiger charge is -2.28. The van der Waals surface area contributed by atoms with Gasteiger partial charge in [0.1, 0.15) is 0 Å². The van der Waals surface area contributed by atoms with Crippen molar-refractivity contribution in [3.63, 3.8) is 0 Å². The Morgan fingerprint density at radius 2 is 1.83 bits per heavy atom. The second-order valence-electron chi connectivity index (χ2n) is 5.94. The molecule has 23 heavy (non-hydrogen) atoms. The standard InChI is InChI=1S/C16H15F2NO4/c17-16(18)7-3-4-10(9-16)8-13(20)23-19-14(21)11-5-1-2-6-12(11)15(19)22/h1-2,5-6,10H,3-4,7-9H2. The first-order valence-electron chi connectivity index (χ1n) is 7.44. The highest BCUT2D eigenvalue weighted by molar-refractivity contribution is 6.20. The zero-order valence-electron chi connectivity index (χ0n) is 12.3. The molecule has 1 aliphatic heterocycles. The van der Waals surface area contributed by atoms with Crippen LogP contribution < -0.4 is 0 Å². The molecule has 2 aliphatic rings. The maximum absolute atomic E-state index is 13.3. The molecular formula is C16H15F2NO4. The number of alkyl halides is 2. The van der Waals surface area contributed by atoms with Gasteiger partial charge in [-0.15, -0.1) is 0 Å². The van der Waals surface area contributed by atoms with E-state index in [1.54, 1.807) is 12.1 Å². The highest BCUT2D eigenvalue weighted by Crippen LogP contribution is 2.38. The lowest BCUT2D eigenvalue weighted by Crippen LogP contribution is -2.34. The Morgan fingerprint density at radius 3 is 2.39 bits per heavy atom. The quantitative estimate of drug-likeness (QED) is 0.802. The van der Waals surface area contributed by atoms with Crippen LogP contribution >= 0.6 is 0 Å². The number of amides is 2. The fourth-order valence-electron chi connectivity index (χ4n) is 3.07. The van der Waals surface area contributed by atoms with E-state index < -0.39 is 29.6 Å². The summed E-state index contributed by atoms with van der Waals surface area (Å²) in [7, 11) is 0. The summed E-state index contributed by atoms with van der Waals surface area (Å²) in [5.74, 6) is -5.54. The Balaban J connectivity index is 1.63. The molecule has 2 amide bonds. The molecule has 5 nitrogen and oxygen atoms in total. The minimum atomic E-state index is -2.77. The van der Waals surface area contributed by atoms with Crippen molar-refractivity contribution >= 4 is 17.8 Å². The van der Waals surface area contributed by atoms with Crippen molar-refractivity contribution in [2.75, 3.05) is 0 Å². The van der Waals surface area contributed by atoms with E-state index in [4.69, 9.17) is 4.84 Å². The lowest BCUT2D eigenvalue weighted by atomic mass is 9.84. The van der Waals surface area contributed by atoms with Crippen molar-refractivity contribution in [1.82, 2.24) is 5.06 Å². The van der Waals surface area contributed by atoms with Crippen LogP contribution in [0, 0.1) is 5.92 Å². The second kappa shape index (κ2) is 5.72. The molecule has 1 fully saturated rings. The summed E-state index contributed by atoms with van der Waals surface area (Å²) in [6, 6.07) is 6.12. The number of rotatable bonds is 3. The van der Waals surface area contributed by atoms with Gasteiger partial charge in [0, 0.05) is 12.8 Å². The number of hydrogen-bond acceptors (Lipinski definition) is 4. The molecule has 1 atom stereocenters. The monoisotopic (exact) mass is 323 g/mol. The van der Waals surface area contributed by atoms with Gasteiger partial charge in [0.25, 0.3) is 11.8 Å². The largest absolute Gasteiger partial charge is 0.333 e. The first-order chi connectivity index (χ1) is 10.9. The van der Waals surface area contributed by atoms with Crippen LogP contribution in [0.25, 0.3) is 0 Å². The summed E-state index contributed by atoms with van der Waals surface area (Å²) in [5.41, 5.74) is 0.323. The highest BCUT2D eigenvalue weighted by atomic mass is 19.3. The van der Waals surface area contributed by atoms with Crippen molar-refractivity contribution in [1.29, 1.82) is 0 Å². The Kier molecular flexibility index (Phi) is 3.87. The maximum atomic E-state index is 13.3. The number of fused-ring (bicyclic) bond motifs is 1. The Morgan fingerprint density at radius 1 is 1.22 bits per heavy atom. The van der Waals surface area contributed by atoms with Crippen molar-refractivity contribution < 1.29 is 28.0 Å². The molecule has 1 aromatic rings. The molecule has 3 rings (SSSR count). The molecule has 0 aromatic heterocycles. The number of carbonyl (C=O) groups is 3. The van der Waals surface area contributed by atoms with Gasteiger partial charge in [0.2, 0.25) is 5.92 Å². The Labute approximate surface area is 131 Å². The van der Waals surface area contributed by atoms with Crippen molar-refractivity contribution in [3.05, 3.63) is 35.4 Å². The number of hydroxylamine groups is 2. The zero-order chi connectivity index (χ0) is 16.6. The van der Waals surface area contributed by atoms with Crippen molar-refractivity contribution in [2.45, 2.75) is 38.0 Å². The van der Waals surface area contributed by atoms with Gasteiger partial charge in [-0.05, 0) is 30.9 Å². The second-order valence-corrected chi connectivity index (χ2v) is 5.94. The van der Waals surface area contributed by atoms with Gasteiger partial charge in [0.15, 0.2) is 0 Å². The molecule has 0 bridgehead atoms. The van der Waals surface area contributed by atoms with E-state index in [9.17, 15) is 23.2 Å². The van der Waals surface area contributed by atoms with E-state index >= 15 is 0 Å². The van der Waals surface area contributed by atoms with E-state index in [0.29, 0.717) is 17.9 Å².